The summed E-state index contributed by atoms with van der Waals surface area (Å²) in [6.45, 7) is 3.88. The Balaban J connectivity index is 1.83. The largest absolute Gasteiger partial charge is 0.341 e. The van der Waals surface area contributed by atoms with Crippen LogP contribution < -0.4 is 5.32 Å². The predicted octanol–water partition coefficient (Wildman–Crippen LogP) is 3.07. The summed E-state index contributed by atoms with van der Waals surface area (Å²) in [6.07, 6.45) is 7.07. The van der Waals surface area contributed by atoms with E-state index in [0.717, 1.165) is 24.6 Å². The summed E-state index contributed by atoms with van der Waals surface area (Å²) in [5.41, 5.74) is 5.44. The number of nitrogens with one attached hydrogen (secondary N) is 2. The fourth-order valence-electron chi connectivity index (χ4n) is 2.74. The van der Waals surface area contributed by atoms with Crippen molar-refractivity contribution in [3.05, 3.63) is 41.3 Å². The molecule has 1 aliphatic rings. The molecule has 1 heterocycles. The number of nitrogens with zero attached hydrogens (tertiary/aromatic N) is 1. The lowest BCUT2D eigenvalue weighted by Crippen LogP contribution is -2.12. The van der Waals surface area contributed by atoms with Gasteiger partial charge in [-0.25, -0.2) is 4.98 Å². The Kier molecular flexibility index (Phi) is 3.65. The van der Waals surface area contributed by atoms with E-state index < -0.39 is 0 Å². The van der Waals surface area contributed by atoms with Gasteiger partial charge in [0.15, 0.2) is 0 Å². The average molecular weight is 255 g/mol. The maximum absolute atomic E-state index is 4.42. The van der Waals surface area contributed by atoms with Crippen LogP contribution in [0.1, 0.15) is 36.7 Å². The topological polar surface area (TPSA) is 40.7 Å². The summed E-state index contributed by atoms with van der Waals surface area (Å²) in [5.74, 6) is 1.01. The number of fused-ring (bicyclic) bond motifs is 1. The average Bonchev–Trinajstić information content (AvgIpc) is 2.93. The number of rotatable bonds is 4. The van der Waals surface area contributed by atoms with Crippen molar-refractivity contribution in [2.24, 2.45) is 0 Å². The lowest BCUT2D eigenvalue weighted by molar-refractivity contribution is 0.686. The third-order valence-electron chi connectivity index (χ3n) is 3.83. The first kappa shape index (κ1) is 12.4. The fourth-order valence-corrected chi connectivity index (χ4v) is 2.74. The molecule has 1 aliphatic carbocycles. The van der Waals surface area contributed by atoms with Gasteiger partial charge in [0, 0.05) is 0 Å². The zero-order valence-electron chi connectivity index (χ0n) is 11.5. The highest BCUT2D eigenvalue weighted by molar-refractivity contribution is 5.60. The van der Waals surface area contributed by atoms with Gasteiger partial charge in [0.25, 0.3) is 0 Å². The van der Waals surface area contributed by atoms with Crippen LogP contribution in [0, 0.1) is 0 Å². The fraction of sp³-hybridized carbons (Fsp3) is 0.438. The lowest BCUT2D eigenvalue weighted by atomic mass is 9.90. The molecule has 0 saturated heterocycles. The van der Waals surface area contributed by atoms with Gasteiger partial charge in [-0.15, -0.1) is 0 Å². The standard InChI is InChI=1S/C16H21N3/c1-2-17-11-16-18-10-15(19-16)14-8-7-12-5-3-4-6-13(12)9-14/h7-10,17H,2-6,11H2,1H3,(H,18,19). The number of imidazole rings is 1. The molecule has 3 heteroatoms. The molecular formula is C16H21N3. The minimum Gasteiger partial charge on any atom is -0.341 e. The number of aromatic nitrogens is 2. The molecule has 0 bridgehead atoms. The van der Waals surface area contributed by atoms with Crippen LogP contribution >= 0.6 is 0 Å². The molecule has 3 nitrogen and oxygen atoms in total. The second-order valence-corrected chi connectivity index (χ2v) is 5.21. The van der Waals surface area contributed by atoms with E-state index >= 15 is 0 Å². The Hall–Kier alpha value is -1.61. The van der Waals surface area contributed by atoms with Gasteiger partial charge in [-0.1, -0.05) is 19.1 Å². The highest BCUT2D eigenvalue weighted by Crippen LogP contribution is 2.26. The van der Waals surface area contributed by atoms with Crippen LogP contribution in [0.3, 0.4) is 0 Å². The van der Waals surface area contributed by atoms with E-state index in [4.69, 9.17) is 0 Å². The van der Waals surface area contributed by atoms with Gasteiger partial charge in [0.05, 0.1) is 18.4 Å². The van der Waals surface area contributed by atoms with Crippen molar-refractivity contribution in [1.29, 1.82) is 0 Å². The van der Waals surface area contributed by atoms with E-state index in [0.29, 0.717) is 0 Å². The van der Waals surface area contributed by atoms with Crippen molar-refractivity contribution in [2.45, 2.75) is 39.2 Å². The van der Waals surface area contributed by atoms with Gasteiger partial charge < -0.3 is 10.3 Å². The molecule has 0 fully saturated rings. The first-order valence-electron chi connectivity index (χ1n) is 7.23. The molecule has 1 aromatic heterocycles. The van der Waals surface area contributed by atoms with E-state index in [9.17, 15) is 0 Å². The van der Waals surface area contributed by atoms with Crippen molar-refractivity contribution in [2.75, 3.05) is 6.54 Å². The quantitative estimate of drug-likeness (QED) is 0.881. The normalized spacial score (nSPS) is 14.4. The molecule has 100 valence electrons. The van der Waals surface area contributed by atoms with Crippen LogP contribution in [0.5, 0.6) is 0 Å². The molecule has 0 radical (unpaired) electrons. The number of hydrogen-bond acceptors (Lipinski definition) is 2. The minimum absolute atomic E-state index is 0.807. The van der Waals surface area contributed by atoms with Crippen LogP contribution in [0.15, 0.2) is 24.4 Å². The summed E-state index contributed by atoms with van der Waals surface area (Å²) in [4.78, 5) is 7.82. The second kappa shape index (κ2) is 5.57. The third-order valence-corrected chi connectivity index (χ3v) is 3.83. The van der Waals surface area contributed by atoms with Crippen molar-refractivity contribution in [1.82, 2.24) is 15.3 Å². The highest BCUT2D eigenvalue weighted by Gasteiger charge is 2.11. The van der Waals surface area contributed by atoms with Crippen LogP contribution in [0.2, 0.25) is 0 Å². The molecule has 3 rings (SSSR count). The summed E-state index contributed by atoms with van der Waals surface area (Å²) in [7, 11) is 0. The zero-order valence-corrected chi connectivity index (χ0v) is 11.5. The highest BCUT2D eigenvalue weighted by atomic mass is 15.0. The molecule has 1 aromatic carbocycles. The lowest BCUT2D eigenvalue weighted by Gasteiger charge is -2.16. The summed E-state index contributed by atoms with van der Waals surface area (Å²) in [6, 6.07) is 6.84. The van der Waals surface area contributed by atoms with Crippen LogP contribution in [-0.2, 0) is 19.4 Å². The van der Waals surface area contributed by atoms with Crippen molar-refractivity contribution >= 4 is 0 Å². The Morgan fingerprint density at radius 1 is 1.21 bits per heavy atom. The van der Waals surface area contributed by atoms with Crippen LogP contribution in [0.4, 0.5) is 0 Å². The van der Waals surface area contributed by atoms with Gasteiger partial charge >= 0.3 is 0 Å². The molecule has 0 spiro atoms. The number of aromatic amines is 1. The van der Waals surface area contributed by atoms with Gasteiger partial charge in [-0.2, -0.15) is 0 Å². The van der Waals surface area contributed by atoms with Gasteiger partial charge in [0.2, 0.25) is 0 Å². The summed E-state index contributed by atoms with van der Waals surface area (Å²) < 4.78 is 0. The van der Waals surface area contributed by atoms with Crippen molar-refractivity contribution in [3.8, 4) is 11.3 Å². The molecule has 0 saturated carbocycles. The maximum atomic E-state index is 4.42. The van der Waals surface area contributed by atoms with Gasteiger partial charge in [-0.05, 0) is 55.0 Å². The van der Waals surface area contributed by atoms with Crippen LogP contribution in [0.25, 0.3) is 11.3 Å². The van der Waals surface area contributed by atoms with Gasteiger partial charge in [0.1, 0.15) is 5.82 Å². The molecule has 0 atom stereocenters. The molecule has 0 amide bonds. The predicted molar refractivity (Wildman–Crippen MR) is 78.0 cm³/mol. The monoisotopic (exact) mass is 255 g/mol. The molecule has 2 aromatic rings. The van der Waals surface area contributed by atoms with Crippen molar-refractivity contribution < 1.29 is 0 Å². The maximum Gasteiger partial charge on any atom is 0.120 e. The summed E-state index contributed by atoms with van der Waals surface area (Å²) in [5, 5.41) is 3.29. The number of aryl methyl sites for hydroxylation is 2. The first-order chi connectivity index (χ1) is 9.36. The molecule has 0 unspecified atom stereocenters. The van der Waals surface area contributed by atoms with Crippen molar-refractivity contribution in [3.63, 3.8) is 0 Å². The second-order valence-electron chi connectivity index (χ2n) is 5.21. The zero-order chi connectivity index (χ0) is 13.1. The SMILES string of the molecule is CCNCc1ncc(-c2ccc3c(c2)CCCC3)[nH]1. The Morgan fingerprint density at radius 2 is 2.05 bits per heavy atom. The van der Waals surface area contributed by atoms with E-state index in [2.05, 4.69) is 40.4 Å². The Bertz CT molecular complexity index is 557. The molecule has 0 aliphatic heterocycles. The Labute approximate surface area is 114 Å². The molecule has 19 heavy (non-hydrogen) atoms. The smallest absolute Gasteiger partial charge is 0.120 e. The number of hydrogen-bond donors (Lipinski definition) is 2. The molecular weight excluding hydrogens is 234 g/mol. The third kappa shape index (κ3) is 2.71. The van der Waals surface area contributed by atoms with E-state index in [1.165, 1.54) is 42.4 Å². The minimum atomic E-state index is 0.807. The van der Waals surface area contributed by atoms with Crippen LogP contribution in [-0.4, -0.2) is 16.5 Å². The summed E-state index contributed by atoms with van der Waals surface area (Å²) >= 11 is 0. The van der Waals surface area contributed by atoms with Gasteiger partial charge in [-0.3, -0.25) is 0 Å². The first-order valence-corrected chi connectivity index (χ1v) is 7.23. The molecule has 2 N–H and O–H groups in total. The number of H-pyrrole nitrogens is 1. The number of benzene rings is 1. The van der Waals surface area contributed by atoms with E-state index in [1.54, 1.807) is 0 Å². The van der Waals surface area contributed by atoms with E-state index in [-0.39, 0.29) is 0 Å². The van der Waals surface area contributed by atoms with E-state index in [1.807, 2.05) is 6.20 Å². The Morgan fingerprint density at radius 3 is 2.89 bits per heavy atom.